The molecule has 1 aliphatic heterocycles. The molecule has 0 aliphatic carbocycles. The molecule has 39 heavy (non-hydrogen) atoms. The van der Waals surface area contributed by atoms with Crippen LogP contribution in [0.25, 0.3) is 0 Å². The maximum absolute atomic E-state index is 14.2. The summed E-state index contributed by atoms with van der Waals surface area (Å²) in [6.45, 7) is 5.09. The van der Waals surface area contributed by atoms with Crippen molar-refractivity contribution in [3.05, 3.63) is 71.3 Å². The van der Waals surface area contributed by atoms with Crippen LogP contribution >= 0.6 is 0 Å². The highest BCUT2D eigenvalue weighted by Crippen LogP contribution is 2.54. The van der Waals surface area contributed by atoms with Gasteiger partial charge in [-0.05, 0) is 62.9 Å². The lowest BCUT2D eigenvalue weighted by molar-refractivity contribution is -0.221. The van der Waals surface area contributed by atoms with Crippen LogP contribution in [-0.4, -0.2) is 72.0 Å². The molecule has 2 aromatic rings. The summed E-state index contributed by atoms with van der Waals surface area (Å²) < 4.78 is 0. The van der Waals surface area contributed by atoms with Gasteiger partial charge < -0.3 is 15.3 Å². The van der Waals surface area contributed by atoms with Crippen LogP contribution in [0, 0.1) is 5.41 Å². The number of aliphatic carboxylic acids is 1. The van der Waals surface area contributed by atoms with Gasteiger partial charge in [0.2, 0.25) is 11.8 Å². The molecule has 8 nitrogen and oxygen atoms in total. The van der Waals surface area contributed by atoms with Crippen molar-refractivity contribution in [1.82, 2.24) is 20.2 Å². The van der Waals surface area contributed by atoms with E-state index in [2.05, 4.69) is 10.2 Å². The van der Waals surface area contributed by atoms with Gasteiger partial charge in [-0.25, -0.2) is 0 Å². The Morgan fingerprint density at radius 2 is 1.67 bits per heavy atom. The highest BCUT2D eigenvalue weighted by Gasteiger charge is 2.67. The van der Waals surface area contributed by atoms with Crippen molar-refractivity contribution in [2.45, 2.75) is 64.5 Å². The number of likely N-dealkylation sites (N-methyl/N-ethyl adjacent to an activating group) is 2. The van der Waals surface area contributed by atoms with E-state index < -0.39 is 22.8 Å². The number of hydrogen-bond acceptors (Lipinski definition) is 5. The van der Waals surface area contributed by atoms with Crippen LogP contribution in [0.1, 0.15) is 62.6 Å². The van der Waals surface area contributed by atoms with Crippen LogP contribution in [0.5, 0.6) is 0 Å². The number of benzene rings is 2. The predicted octanol–water partition coefficient (Wildman–Crippen LogP) is 4.05. The molecule has 2 N–H and O–H groups in total. The van der Waals surface area contributed by atoms with E-state index in [1.807, 2.05) is 82.5 Å². The summed E-state index contributed by atoms with van der Waals surface area (Å²) in [6.07, 6.45) is 2.75. The molecule has 0 spiro atoms. The van der Waals surface area contributed by atoms with E-state index in [1.54, 1.807) is 17.1 Å². The number of hydrazine groups is 1. The number of carbonyl (C=O) groups is 3. The quantitative estimate of drug-likeness (QED) is 0.425. The number of carbonyl (C=O) groups excluding carboxylic acids is 2. The first-order chi connectivity index (χ1) is 18.7. The number of amides is 2. The fourth-order valence-electron chi connectivity index (χ4n) is 6.24. The second-order valence-corrected chi connectivity index (χ2v) is 10.7. The molecule has 2 atom stereocenters. The van der Waals surface area contributed by atoms with Crippen LogP contribution in [0.3, 0.4) is 0 Å². The topological polar surface area (TPSA) is 93.2 Å². The Morgan fingerprint density at radius 1 is 1.00 bits per heavy atom. The minimum atomic E-state index is -1.61. The van der Waals surface area contributed by atoms with Gasteiger partial charge in [-0.1, -0.05) is 68.4 Å². The van der Waals surface area contributed by atoms with Crippen LogP contribution < -0.4 is 5.32 Å². The number of nitrogens with zero attached hydrogens (tertiary/aromatic N) is 3. The van der Waals surface area contributed by atoms with E-state index in [0.717, 1.165) is 11.1 Å². The van der Waals surface area contributed by atoms with Crippen LogP contribution in [-0.2, 0) is 32.9 Å². The largest absolute Gasteiger partial charge is 0.481 e. The van der Waals surface area contributed by atoms with Gasteiger partial charge in [0.1, 0.15) is 5.41 Å². The van der Waals surface area contributed by atoms with E-state index in [4.69, 9.17) is 0 Å². The van der Waals surface area contributed by atoms with E-state index in [9.17, 15) is 19.5 Å². The molecule has 2 amide bonds. The van der Waals surface area contributed by atoms with Crippen LogP contribution in [0.2, 0.25) is 0 Å². The molecule has 212 valence electrons. The maximum Gasteiger partial charge on any atom is 0.312 e. The molecule has 0 saturated carbocycles. The van der Waals surface area contributed by atoms with E-state index in [1.165, 1.54) is 0 Å². The first kappa shape index (κ1) is 30.3. The molecule has 0 aromatic heterocycles. The Balaban J connectivity index is 2.22. The van der Waals surface area contributed by atoms with Gasteiger partial charge >= 0.3 is 5.97 Å². The fraction of sp³-hybridized carbons (Fsp3) is 0.516. The summed E-state index contributed by atoms with van der Waals surface area (Å²) in [4.78, 5) is 43.1. The molecule has 0 unspecified atom stereocenters. The Morgan fingerprint density at radius 3 is 2.21 bits per heavy atom. The number of carboxylic acid groups (broad SMARTS) is 1. The van der Waals surface area contributed by atoms with Gasteiger partial charge in [0.25, 0.3) is 0 Å². The third-order valence-corrected chi connectivity index (χ3v) is 7.92. The Kier molecular flexibility index (Phi) is 10.3. The second-order valence-electron chi connectivity index (χ2n) is 10.7. The summed E-state index contributed by atoms with van der Waals surface area (Å²) in [6, 6.07) is 17.6. The fourth-order valence-corrected chi connectivity index (χ4v) is 6.24. The zero-order valence-corrected chi connectivity index (χ0v) is 24.1. The third kappa shape index (κ3) is 5.87. The normalized spacial score (nSPS) is 21.6. The smallest absolute Gasteiger partial charge is 0.312 e. The monoisotopic (exact) mass is 536 g/mol. The zero-order valence-electron chi connectivity index (χ0n) is 24.1. The van der Waals surface area contributed by atoms with Crippen molar-refractivity contribution >= 4 is 17.8 Å². The molecule has 1 fully saturated rings. The van der Waals surface area contributed by atoms with Gasteiger partial charge in [-0.3, -0.25) is 19.4 Å². The second kappa shape index (κ2) is 13.2. The molecule has 0 radical (unpaired) electrons. The van der Waals surface area contributed by atoms with E-state index >= 15 is 0 Å². The van der Waals surface area contributed by atoms with Crippen molar-refractivity contribution in [3.8, 4) is 0 Å². The molecule has 1 heterocycles. The lowest BCUT2D eigenvalue weighted by Gasteiger charge is -2.59. The lowest BCUT2D eigenvalue weighted by atomic mass is 9.59. The highest BCUT2D eigenvalue weighted by atomic mass is 16.4. The average Bonchev–Trinajstić information content (AvgIpc) is 2.92. The predicted molar refractivity (Wildman–Crippen MR) is 153 cm³/mol. The van der Waals surface area contributed by atoms with Gasteiger partial charge in [0.15, 0.2) is 5.54 Å². The number of hydrogen-bond donors (Lipinski definition) is 2. The Bertz CT molecular complexity index is 1120. The SMILES string of the molecule is CCCC(=O)N1CC[C@](CCCc2ccccc2)(C(=O)O)[C@](C(=O)NC)(c2ccc(CN(C)C)cc2)N1CC. The summed E-state index contributed by atoms with van der Waals surface area (Å²) in [7, 11) is 5.51. The maximum atomic E-state index is 14.2. The van der Waals surface area contributed by atoms with E-state index in [-0.39, 0.29) is 25.3 Å². The Labute approximate surface area is 232 Å². The van der Waals surface area contributed by atoms with Gasteiger partial charge in [0, 0.05) is 33.1 Å². The van der Waals surface area contributed by atoms with Gasteiger partial charge in [-0.2, -0.15) is 5.01 Å². The van der Waals surface area contributed by atoms with Crippen molar-refractivity contribution in [3.63, 3.8) is 0 Å². The molecule has 8 heteroatoms. The molecule has 2 aromatic carbocycles. The number of nitrogens with one attached hydrogen (secondary N) is 1. The van der Waals surface area contributed by atoms with Gasteiger partial charge in [0.05, 0.1) is 0 Å². The summed E-state index contributed by atoms with van der Waals surface area (Å²) >= 11 is 0. The minimum Gasteiger partial charge on any atom is -0.481 e. The molecule has 0 bridgehead atoms. The third-order valence-electron chi connectivity index (χ3n) is 7.92. The van der Waals surface area contributed by atoms with Crippen molar-refractivity contribution in [2.24, 2.45) is 5.41 Å². The average molecular weight is 537 g/mol. The molecule has 3 rings (SSSR count). The zero-order chi connectivity index (χ0) is 28.6. The highest BCUT2D eigenvalue weighted by molar-refractivity contribution is 5.96. The first-order valence-electron chi connectivity index (χ1n) is 14.0. The van der Waals surface area contributed by atoms with Crippen LogP contribution in [0.4, 0.5) is 0 Å². The lowest BCUT2D eigenvalue weighted by Crippen LogP contribution is -2.75. The minimum absolute atomic E-state index is 0.0971. The van der Waals surface area contributed by atoms with Gasteiger partial charge in [-0.15, -0.1) is 0 Å². The Hall–Kier alpha value is -3.23. The first-order valence-corrected chi connectivity index (χ1v) is 14.0. The van der Waals surface area contributed by atoms with Crippen LogP contribution in [0.15, 0.2) is 54.6 Å². The number of rotatable bonds is 12. The molecular formula is C31H44N4O4. The molecule has 1 aliphatic rings. The van der Waals surface area contributed by atoms with Crippen molar-refractivity contribution < 1.29 is 19.5 Å². The van der Waals surface area contributed by atoms with Crippen molar-refractivity contribution in [2.75, 3.05) is 34.2 Å². The standard InChI is InChI=1S/C31H44N4O4/c1-6-12-27(36)34-22-21-30(29(38)39,20-11-15-24-13-9-8-10-14-24)31(28(37)32-3,35(34)7-2)26-18-16-25(17-19-26)23-33(4)5/h8-10,13-14,16-19H,6-7,11-12,15,20-23H2,1-5H3,(H,32,37)(H,38,39)/t30-,31-/m1/s1. The number of carboxylic acids is 1. The van der Waals surface area contributed by atoms with E-state index in [0.29, 0.717) is 44.3 Å². The summed E-state index contributed by atoms with van der Waals surface area (Å²) in [5.41, 5.74) is -0.304. The molecular weight excluding hydrogens is 492 g/mol. The summed E-state index contributed by atoms with van der Waals surface area (Å²) in [5.74, 6) is -1.53. The summed E-state index contributed by atoms with van der Waals surface area (Å²) in [5, 5.41) is 17.2. The number of aryl methyl sites for hydroxylation is 1. The molecule has 1 saturated heterocycles. The van der Waals surface area contributed by atoms with Crippen molar-refractivity contribution in [1.29, 1.82) is 0 Å².